The number of aromatic nitrogens is 2. The molecule has 152 valence electrons. The molecule has 0 unspecified atom stereocenters. The molecule has 0 radical (unpaired) electrons. The molecule has 0 aliphatic heterocycles. The van der Waals surface area contributed by atoms with Crippen LogP contribution in [0.3, 0.4) is 0 Å². The number of para-hydroxylation sites is 1. The monoisotopic (exact) mass is 446 g/mol. The molecule has 0 bridgehead atoms. The third kappa shape index (κ3) is 5.18. The maximum atomic E-state index is 12.1. The number of ether oxygens (including phenoxy) is 1. The van der Waals surface area contributed by atoms with Crippen molar-refractivity contribution >= 4 is 52.0 Å². The molecular weight excluding hydrogens is 431 g/mol. The van der Waals surface area contributed by atoms with Gasteiger partial charge in [0, 0.05) is 0 Å². The third-order valence-electron chi connectivity index (χ3n) is 4.45. The first-order chi connectivity index (χ1) is 15.1. The van der Waals surface area contributed by atoms with Crippen LogP contribution in [0.5, 0.6) is 11.6 Å². The summed E-state index contributed by atoms with van der Waals surface area (Å²) in [6.45, 7) is 0. The van der Waals surface area contributed by atoms with Crippen LogP contribution < -0.4 is 4.74 Å². The van der Waals surface area contributed by atoms with Crippen LogP contribution in [0, 0.1) is 0 Å². The number of allylic oxidation sites excluding steroid dienone is 2. The molecule has 0 aliphatic carbocycles. The molecule has 4 nitrogen and oxygen atoms in total. The van der Waals surface area contributed by atoms with Crippen molar-refractivity contribution in [2.24, 2.45) is 0 Å². The fraction of sp³-hybridized carbons (Fsp3) is 0. The summed E-state index contributed by atoms with van der Waals surface area (Å²) in [5, 5.41) is 1.71. The van der Waals surface area contributed by atoms with Gasteiger partial charge in [-0.3, -0.25) is 4.79 Å². The summed E-state index contributed by atoms with van der Waals surface area (Å²) in [5.74, 6) is 0.973. The van der Waals surface area contributed by atoms with Crippen LogP contribution in [0.4, 0.5) is 0 Å². The predicted molar refractivity (Wildman–Crippen MR) is 126 cm³/mol. The quantitative estimate of drug-likeness (QED) is 0.298. The average molecular weight is 447 g/mol. The Bertz CT molecular complexity index is 1290. The molecular formula is C25H16Cl2N2O2. The standard InChI is InChI=1S/C25H16Cl2N2O2/c26-22-6-3-4-18(24(22)27)11-13-19(30)12-8-17-9-14-20(15-10-17)31-25-21-5-1-2-7-23(21)28-16-29-25/h1-16H. The summed E-state index contributed by atoms with van der Waals surface area (Å²) in [6.07, 6.45) is 7.79. The fourth-order valence-electron chi connectivity index (χ4n) is 2.88. The number of halogens is 2. The van der Waals surface area contributed by atoms with E-state index in [0.717, 1.165) is 16.5 Å². The zero-order valence-electron chi connectivity index (χ0n) is 16.2. The predicted octanol–water partition coefficient (Wildman–Crippen LogP) is 7.02. The first-order valence-electron chi connectivity index (χ1n) is 9.42. The lowest BCUT2D eigenvalue weighted by atomic mass is 10.1. The number of hydrogen-bond acceptors (Lipinski definition) is 4. The van der Waals surface area contributed by atoms with E-state index in [1.807, 2.05) is 48.5 Å². The van der Waals surface area contributed by atoms with E-state index in [1.165, 1.54) is 18.5 Å². The van der Waals surface area contributed by atoms with E-state index in [1.54, 1.807) is 30.4 Å². The van der Waals surface area contributed by atoms with Crippen molar-refractivity contribution in [2.75, 3.05) is 0 Å². The van der Waals surface area contributed by atoms with E-state index < -0.39 is 0 Å². The van der Waals surface area contributed by atoms with E-state index in [0.29, 0.717) is 27.2 Å². The van der Waals surface area contributed by atoms with Gasteiger partial charge < -0.3 is 4.74 Å². The molecule has 31 heavy (non-hydrogen) atoms. The Morgan fingerprint density at radius 1 is 0.839 bits per heavy atom. The van der Waals surface area contributed by atoms with Crippen LogP contribution in [0.2, 0.25) is 10.0 Å². The average Bonchev–Trinajstić information content (AvgIpc) is 2.80. The lowest BCUT2D eigenvalue weighted by Crippen LogP contribution is -1.91. The van der Waals surface area contributed by atoms with E-state index in [9.17, 15) is 4.79 Å². The SMILES string of the molecule is O=C(C=Cc1ccc(Oc2ncnc3ccccc23)cc1)C=Cc1cccc(Cl)c1Cl. The smallest absolute Gasteiger partial charge is 0.230 e. The molecule has 3 aromatic carbocycles. The summed E-state index contributed by atoms with van der Waals surface area (Å²) in [6, 6.07) is 20.3. The van der Waals surface area contributed by atoms with Crippen molar-refractivity contribution in [3.8, 4) is 11.6 Å². The van der Waals surface area contributed by atoms with Gasteiger partial charge in [-0.05, 0) is 59.7 Å². The largest absolute Gasteiger partial charge is 0.438 e. The Morgan fingerprint density at radius 2 is 1.61 bits per heavy atom. The maximum absolute atomic E-state index is 12.1. The van der Waals surface area contributed by atoms with E-state index in [4.69, 9.17) is 27.9 Å². The summed E-state index contributed by atoms with van der Waals surface area (Å²) in [4.78, 5) is 20.6. The summed E-state index contributed by atoms with van der Waals surface area (Å²) in [7, 11) is 0. The van der Waals surface area contributed by atoms with Crippen LogP contribution in [0.1, 0.15) is 11.1 Å². The number of ketones is 1. The molecule has 4 aromatic rings. The molecule has 6 heteroatoms. The highest BCUT2D eigenvalue weighted by Crippen LogP contribution is 2.27. The number of hydrogen-bond donors (Lipinski definition) is 0. The van der Waals surface area contributed by atoms with E-state index in [-0.39, 0.29) is 5.78 Å². The van der Waals surface area contributed by atoms with Gasteiger partial charge in [0.25, 0.3) is 0 Å². The molecule has 0 N–H and O–H groups in total. The highest BCUT2D eigenvalue weighted by atomic mass is 35.5. The van der Waals surface area contributed by atoms with Crippen LogP contribution in [0.15, 0.2) is 85.2 Å². The van der Waals surface area contributed by atoms with Crippen molar-refractivity contribution in [1.82, 2.24) is 9.97 Å². The second kappa shape index (κ2) is 9.56. The Hall–Kier alpha value is -3.47. The number of fused-ring (bicyclic) bond motifs is 1. The van der Waals surface area contributed by atoms with Crippen LogP contribution in [0.25, 0.3) is 23.1 Å². The molecule has 0 amide bonds. The maximum Gasteiger partial charge on any atom is 0.230 e. The Balaban J connectivity index is 1.42. The topological polar surface area (TPSA) is 52.1 Å². The van der Waals surface area contributed by atoms with Crippen molar-refractivity contribution in [1.29, 1.82) is 0 Å². The molecule has 0 saturated carbocycles. The Labute approximate surface area is 189 Å². The number of carbonyl (C=O) groups excluding carboxylic acids is 1. The highest BCUT2D eigenvalue weighted by molar-refractivity contribution is 6.42. The summed E-state index contributed by atoms with van der Waals surface area (Å²) in [5.41, 5.74) is 2.37. The minimum absolute atomic E-state index is 0.163. The first kappa shape index (κ1) is 20.8. The van der Waals surface area contributed by atoms with Crippen LogP contribution in [-0.4, -0.2) is 15.8 Å². The number of benzene rings is 3. The van der Waals surface area contributed by atoms with Gasteiger partial charge >= 0.3 is 0 Å². The number of rotatable bonds is 6. The highest BCUT2D eigenvalue weighted by Gasteiger charge is 2.05. The van der Waals surface area contributed by atoms with E-state index >= 15 is 0 Å². The second-order valence-electron chi connectivity index (χ2n) is 6.58. The Morgan fingerprint density at radius 3 is 2.45 bits per heavy atom. The van der Waals surface area contributed by atoms with Crippen LogP contribution in [-0.2, 0) is 4.79 Å². The van der Waals surface area contributed by atoms with Gasteiger partial charge in [0.1, 0.15) is 12.1 Å². The van der Waals surface area contributed by atoms with Crippen molar-refractivity contribution in [3.63, 3.8) is 0 Å². The third-order valence-corrected chi connectivity index (χ3v) is 5.28. The molecule has 0 spiro atoms. The minimum Gasteiger partial charge on any atom is -0.438 e. The molecule has 0 atom stereocenters. The molecule has 1 heterocycles. The first-order valence-corrected chi connectivity index (χ1v) is 10.2. The fourth-order valence-corrected chi connectivity index (χ4v) is 3.25. The van der Waals surface area contributed by atoms with Crippen molar-refractivity contribution in [3.05, 3.63) is 106 Å². The van der Waals surface area contributed by atoms with Gasteiger partial charge in [0.2, 0.25) is 5.88 Å². The van der Waals surface area contributed by atoms with Crippen LogP contribution >= 0.6 is 23.2 Å². The molecule has 4 rings (SSSR count). The van der Waals surface area contributed by atoms with Gasteiger partial charge in [-0.15, -0.1) is 0 Å². The number of nitrogens with zero attached hydrogens (tertiary/aromatic N) is 2. The van der Waals surface area contributed by atoms with Gasteiger partial charge in [-0.1, -0.05) is 65.7 Å². The normalized spacial score (nSPS) is 11.4. The zero-order chi connectivity index (χ0) is 21.6. The summed E-state index contributed by atoms with van der Waals surface area (Å²) < 4.78 is 5.90. The molecule has 1 aromatic heterocycles. The molecule has 0 aliphatic rings. The van der Waals surface area contributed by atoms with Crippen molar-refractivity contribution < 1.29 is 9.53 Å². The lowest BCUT2D eigenvalue weighted by Gasteiger charge is -2.07. The Kier molecular flexibility index (Phi) is 6.41. The van der Waals surface area contributed by atoms with Gasteiger partial charge in [0.05, 0.1) is 20.9 Å². The minimum atomic E-state index is -0.163. The van der Waals surface area contributed by atoms with Gasteiger partial charge in [0.15, 0.2) is 5.78 Å². The molecule has 0 fully saturated rings. The second-order valence-corrected chi connectivity index (χ2v) is 7.36. The van der Waals surface area contributed by atoms with Crippen molar-refractivity contribution in [2.45, 2.75) is 0 Å². The number of carbonyl (C=O) groups is 1. The zero-order valence-corrected chi connectivity index (χ0v) is 17.7. The van der Waals surface area contributed by atoms with Gasteiger partial charge in [-0.25, -0.2) is 9.97 Å². The lowest BCUT2D eigenvalue weighted by molar-refractivity contribution is -0.110. The summed E-state index contributed by atoms with van der Waals surface area (Å²) >= 11 is 12.1. The molecule has 0 saturated heterocycles. The van der Waals surface area contributed by atoms with Gasteiger partial charge in [-0.2, -0.15) is 0 Å². The van der Waals surface area contributed by atoms with E-state index in [2.05, 4.69) is 9.97 Å².